The van der Waals surface area contributed by atoms with E-state index in [-0.39, 0.29) is 11.8 Å². The summed E-state index contributed by atoms with van der Waals surface area (Å²) in [6.07, 6.45) is 3.46. The van der Waals surface area contributed by atoms with Crippen LogP contribution in [0, 0.1) is 0 Å². The maximum absolute atomic E-state index is 12.6. The highest BCUT2D eigenvalue weighted by molar-refractivity contribution is 7.99. The number of imide groups is 1. The first kappa shape index (κ1) is 19.2. The molecule has 2 aromatic heterocycles. The average Bonchev–Trinajstić information content (AvgIpc) is 3.35. The number of hydrogen-bond acceptors (Lipinski definition) is 6. The third-order valence-corrected chi connectivity index (χ3v) is 5.90. The van der Waals surface area contributed by atoms with Crippen LogP contribution < -0.4 is 0 Å². The van der Waals surface area contributed by atoms with Gasteiger partial charge in [-0.15, -0.1) is 10.2 Å². The number of nitrogens with zero attached hydrogens (tertiary/aromatic N) is 5. The number of aromatic nitrogens is 4. The number of carbonyl (C=O) groups is 2. The summed E-state index contributed by atoms with van der Waals surface area (Å²) >= 11 is 1.45. The van der Waals surface area contributed by atoms with Crippen LogP contribution in [-0.2, 0) is 0 Å². The summed E-state index contributed by atoms with van der Waals surface area (Å²) in [5, 5.41) is 9.43. The fraction of sp³-hybridized carbons (Fsp3) is 0.0870. The van der Waals surface area contributed by atoms with Crippen molar-refractivity contribution in [3.05, 3.63) is 90.3 Å². The highest BCUT2D eigenvalue weighted by atomic mass is 32.2. The molecule has 3 heterocycles. The molecule has 7 nitrogen and oxygen atoms in total. The molecule has 0 saturated heterocycles. The van der Waals surface area contributed by atoms with Gasteiger partial charge in [-0.25, -0.2) is 0 Å². The fourth-order valence-corrected chi connectivity index (χ4v) is 4.40. The number of benzene rings is 2. The van der Waals surface area contributed by atoms with Crippen LogP contribution in [0.25, 0.3) is 17.1 Å². The van der Waals surface area contributed by atoms with Crippen LogP contribution in [0.1, 0.15) is 20.7 Å². The van der Waals surface area contributed by atoms with Crippen molar-refractivity contribution >= 4 is 23.6 Å². The van der Waals surface area contributed by atoms with Crippen LogP contribution >= 0.6 is 11.8 Å². The van der Waals surface area contributed by atoms with E-state index in [2.05, 4.69) is 15.2 Å². The van der Waals surface area contributed by atoms with Crippen LogP contribution in [0.15, 0.2) is 84.3 Å². The van der Waals surface area contributed by atoms with E-state index >= 15 is 0 Å². The molecule has 0 fully saturated rings. The number of thioether (sulfide) groups is 1. The summed E-state index contributed by atoms with van der Waals surface area (Å²) in [5.74, 6) is 0.690. The summed E-state index contributed by atoms with van der Waals surface area (Å²) in [5.41, 5.74) is 2.70. The van der Waals surface area contributed by atoms with Gasteiger partial charge in [-0.2, -0.15) is 0 Å². The Kier molecular flexibility index (Phi) is 5.05. The maximum Gasteiger partial charge on any atom is 0.261 e. The topological polar surface area (TPSA) is 81.0 Å². The Morgan fingerprint density at radius 3 is 2.19 bits per heavy atom. The minimum atomic E-state index is -0.248. The maximum atomic E-state index is 12.6. The Morgan fingerprint density at radius 1 is 0.806 bits per heavy atom. The highest BCUT2D eigenvalue weighted by Crippen LogP contribution is 2.28. The molecule has 5 rings (SSSR count). The first-order valence-corrected chi connectivity index (χ1v) is 10.7. The Balaban J connectivity index is 1.39. The Labute approximate surface area is 182 Å². The molecule has 1 aliphatic rings. The normalized spacial score (nSPS) is 13.0. The van der Waals surface area contributed by atoms with E-state index in [4.69, 9.17) is 0 Å². The zero-order valence-corrected chi connectivity index (χ0v) is 17.2. The molecule has 0 saturated carbocycles. The van der Waals surface area contributed by atoms with Gasteiger partial charge in [0.2, 0.25) is 0 Å². The van der Waals surface area contributed by atoms with Gasteiger partial charge in [0.25, 0.3) is 11.8 Å². The van der Waals surface area contributed by atoms with Crippen molar-refractivity contribution in [2.75, 3.05) is 12.3 Å². The Hall–Kier alpha value is -3.78. The first-order valence-electron chi connectivity index (χ1n) is 9.73. The van der Waals surface area contributed by atoms with Gasteiger partial charge < -0.3 is 0 Å². The number of carbonyl (C=O) groups excluding carboxylic acids is 2. The molecular formula is C23H17N5O2S. The van der Waals surface area contributed by atoms with Gasteiger partial charge in [0.05, 0.1) is 11.1 Å². The summed E-state index contributed by atoms with van der Waals surface area (Å²) < 4.78 is 1.96. The highest BCUT2D eigenvalue weighted by Gasteiger charge is 2.34. The molecule has 1 aliphatic heterocycles. The molecule has 0 spiro atoms. The van der Waals surface area contributed by atoms with E-state index in [1.165, 1.54) is 16.7 Å². The van der Waals surface area contributed by atoms with Crippen molar-refractivity contribution in [3.63, 3.8) is 0 Å². The SMILES string of the molecule is O=C1c2ccccc2C(=O)N1CCSc1nnc(-c2cccnc2)n1-c1ccccc1. The predicted octanol–water partition coefficient (Wildman–Crippen LogP) is 3.72. The largest absolute Gasteiger partial charge is 0.273 e. The first-order chi connectivity index (χ1) is 15.2. The zero-order chi connectivity index (χ0) is 21.2. The number of rotatable bonds is 6. The van der Waals surface area contributed by atoms with Gasteiger partial charge in [-0.1, -0.05) is 42.1 Å². The summed E-state index contributed by atoms with van der Waals surface area (Å²) in [4.78, 5) is 30.6. The monoisotopic (exact) mass is 427 g/mol. The third-order valence-electron chi connectivity index (χ3n) is 4.99. The number of para-hydroxylation sites is 1. The van der Waals surface area contributed by atoms with E-state index in [1.807, 2.05) is 47.0 Å². The van der Waals surface area contributed by atoms with E-state index < -0.39 is 0 Å². The second-order valence-corrected chi connectivity index (χ2v) is 7.94. The number of amides is 2. The van der Waals surface area contributed by atoms with E-state index in [0.29, 0.717) is 34.4 Å². The Bertz CT molecular complexity index is 1220. The van der Waals surface area contributed by atoms with Gasteiger partial charge >= 0.3 is 0 Å². The molecule has 0 atom stereocenters. The molecule has 8 heteroatoms. The second kappa shape index (κ2) is 8.16. The molecule has 0 unspecified atom stereocenters. The van der Waals surface area contributed by atoms with Crippen molar-refractivity contribution < 1.29 is 9.59 Å². The molecule has 31 heavy (non-hydrogen) atoms. The van der Waals surface area contributed by atoms with Gasteiger partial charge in [0.1, 0.15) is 0 Å². The predicted molar refractivity (Wildman–Crippen MR) is 117 cm³/mol. The lowest BCUT2D eigenvalue weighted by atomic mass is 10.1. The molecule has 2 aromatic carbocycles. The van der Waals surface area contributed by atoms with Crippen LogP contribution in [0.4, 0.5) is 0 Å². The molecule has 0 bridgehead atoms. The smallest absolute Gasteiger partial charge is 0.261 e. The van der Waals surface area contributed by atoms with E-state index in [9.17, 15) is 9.59 Å². The molecule has 0 radical (unpaired) electrons. The second-order valence-electron chi connectivity index (χ2n) is 6.87. The Morgan fingerprint density at radius 2 is 1.52 bits per heavy atom. The average molecular weight is 427 g/mol. The molecule has 4 aromatic rings. The standard InChI is InChI=1S/C23H17N5O2S/c29-21-18-10-4-5-11-19(18)22(30)27(21)13-14-31-23-26-25-20(16-7-6-12-24-15-16)28(23)17-8-2-1-3-9-17/h1-12,15H,13-14H2. The van der Waals surface area contributed by atoms with Gasteiger partial charge in [0, 0.05) is 35.9 Å². The van der Waals surface area contributed by atoms with E-state index in [0.717, 1.165) is 11.3 Å². The summed E-state index contributed by atoms with van der Waals surface area (Å²) in [6, 6.07) is 20.5. The molecule has 152 valence electrons. The van der Waals surface area contributed by atoms with Gasteiger partial charge in [0.15, 0.2) is 11.0 Å². The number of fused-ring (bicyclic) bond motifs is 1. The van der Waals surface area contributed by atoms with Crippen molar-refractivity contribution in [2.24, 2.45) is 0 Å². The zero-order valence-electron chi connectivity index (χ0n) is 16.4. The van der Waals surface area contributed by atoms with Gasteiger partial charge in [-0.05, 0) is 36.4 Å². The fourth-order valence-electron chi connectivity index (χ4n) is 3.53. The van der Waals surface area contributed by atoms with Crippen LogP contribution in [0.5, 0.6) is 0 Å². The third kappa shape index (κ3) is 3.51. The molecular weight excluding hydrogens is 410 g/mol. The van der Waals surface area contributed by atoms with Crippen LogP contribution in [0.2, 0.25) is 0 Å². The molecule has 2 amide bonds. The minimum absolute atomic E-state index is 0.248. The van der Waals surface area contributed by atoms with Crippen molar-refractivity contribution in [2.45, 2.75) is 5.16 Å². The lowest BCUT2D eigenvalue weighted by molar-refractivity contribution is 0.0664. The van der Waals surface area contributed by atoms with Crippen molar-refractivity contribution in [1.29, 1.82) is 0 Å². The lowest BCUT2D eigenvalue weighted by Crippen LogP contribution is -2.31. The summed E-state index contributed by atoms with van der Waals surface area (Å²) in [7, 11) is 0. The summed E-state index contributed by atoms with van der Waals surface area (Å²) in [6.45, 7) is 0.293. The van der Waals surface area contributed by atoms with Crippen molar-refractivity contribution in [3.8, 4) is 17.1 Å². The number of hydrogen-bond donors (Lipinski definition) is 0. The quantitative estimate of drug-likeness (QED) is 0.345. The molecule has 0 N–H and O–H groups in total. The molecule has 0 aliphatic carbocycles. The van der Waals surface area contributed by atoms with Crippen LogP contribution in [-0.4, -0.2) is 48.8 Å². The number of pyridine rings is 1. The van der Waals surface area contributed by atoms with E-state index in [1.54, 1.807) is 36.7 Å². The van der Waals surface area contributed by atoms with Crippen molar-refractivity contribution in [1.82, 2.24) is 24.6 Å². The lowest BCUT2D eigenvalue weighted by Gasteiger charge is -2.14. The minimum Gasteiger partial charge on any atom is -0.273 e. The van der Waals surface area contributed by atoms with Gasteiger partial charge in [-0.3, -0.25) is 24.0 Å². The van der Waals surface area contributed by atoms with Crippen LogP contribution in [0.3, 0.4) is 0 Å².